The van der Waals surface area contributed by atoms with Gasteiger partial charge in [-0.15, -0.1) is 0 Å². The fourth-order valence-electron chi connectivity index (χ4n) is 1.38. The lowest BCUT2D eigenvalue weighted by Crippen LogP contribution is -1.96. The molecule has 0 radical (unpaired) electrons. The number of aromatic nitrogens is 2. The maximum atomic E-state index is 10.5. The van der Waals surface area contributed by atoms with Gasteiger partial charge < -0.3 is 0 Å². The van der Waals surface area contributed by atoms with Crippen LogP contribution in [0.2, 0.25) is 0 Å². The van der Waals surface area contributed by atoms with Crippen LogP contribution >= 0.6 is 0 Å². The first-order valence-corrected chi connectivity index (χ1v) is 4.68. The molecule has 2 rings (SSSR count). The summed E-state index contributed by atoms with van der Waals surface area (Å²) in [6.07, 6.45) is 2.88. The highest BCUT2D eigenvalue weighted by molar-refractivity contribution is 5.71. The van der Waals surface area contributed by atoms with Crippen LogP contribution in [-0.4, -0.2) is 16.3 Å². The van der Waals surface area contributed by atoms with Crippen LogP contribution in [0.1, 0.15) is 21.7 Å². The molecule has 0 saturated heterocycles. The first-order chi connectivity index (χ1) is 7.38. The van der Waals surface area contributed by atoms with Crippen molar-refractivity contribution >= 4 is 6.29 Å². The molecule has 0 spiro atoms. The molecule has 0 atom stereocenters. The summed E-state index contributed by atoms with van der Waals surface area (Å²) in [6, 6.07) is 11.7. The molecule has 74 valence electrons. The SMILES string of the molecule is O=Cc1cc(Cc2ccccc2)ncn1. The van der Waals surface area contributed by atoms with Crippen molar-refractivity contribution in [1.82, 2.24) is 9.97 Å². The first-order valence-electron chi connectivity index (χ1n) is 4.68. The van der Waals surface area contributed by atoms with Crippen LogP contribution < -0.4 is 0 Å². The highest BCUT2D eigenvalue weighted by Gasteiger charge is 1.99. The van der Waals surface area contributed by atoms with E-state index in [-0.39, 0.29) is 0 Å². The molecular weight excluding hydrogens is 188 g/mol. The fraction of sp³-hybridized carbons (Fsp3) is 0.0833. The Morgan fingerprint density at radius 3 is 2.67 bits per heavy atom. The van der Waals surface area contributed by atoms with Crippen LogP contribution in [0.4, 0.5) is 0 Å². The molecule has 3 heteroatoms. The smallest absolute Gasteiger partial charge is 0.168 e. The Morgan fingerprint density at radius 2 is 1.93 bits per heavy atom. The number of aldehydes is 1. The van der Waals surface area contributed by atoms with Gasteiger partial charge in [-0.1, -0.05) is 30.3 Å². The number of carbonyl (C=O) groups excluding carboxylic acids is 1. The molecule has 0 aliphatic heterocycles. The zero-order valence-electron chi connectivity index (χ0n) is 8.13. The lowest BCUT2D eigenvalue weighted by molar-refractivity contribution is 0.111. The molecule has 0 amide bonds. The van der Waals surface area contributed by atoms with Gasteiger partial charge in [-0.05, 0) is 11.6 Å². The molecule has 0 fully saturated rings. The second kappa shape index (κ2) is 4.46. The Morgan fingerprint density at radius 1 is 1.13 bits per heavy atom. The van der Waals surface area contributed by atoms with E-state index in [1.807, 2.05) is 30.3 Å². The van der Waals surface area contributed by atoms with Gasteiger partial charge in [-0.25, -0.2) is 9.97 Å². The summed E-state index contributed by atoms with van der Waals surface area (Å²) in [7, 11) is 0. The maximum Gasteiger partial charge on any atom is 0.168 e. The third-order valence-electron chi connectivity index (χ3n) is 2.09. The third-order valence-corrected chi connectivity index (χ3v) is 2.09. The summed E-state index contributed by atoms with van der Waals surface area (Å²) in [5, 5.41) is 0. The van der Waals surface area contributed by atoms with Gasteiger partial charge in [0.1, 0.15) is 12.0 Å². The monoisotopic (exact) mass is 198 g/mol. The highest BCUT2D eigenvalue weighted by Crippen LogP contribution is 2.06. The minimum absolute atomic E-state index is 0.427. The van der Waals surface area contributed by atoms with Crippen LogP contribution in [0.3, 0.4) is 0 Å². The number of hydrogen-bond donors (Lipinski definition) is 0. The van der Waals surface area contributed by atoms with Crippen LogP contribution in [0.5, 0.6) is 0 Å². The normalized spacial score (nSPS) is 9.87. The lowest BCUT2D eigenvalue weighted by Gasteiger charge is -2.00. The van der Waals surface area contributed by atoms with Crippen LogP contribution in [0.15, 0.2) is 42.7 Å². The second-order valence-corrected chi connectivity index (χ2v) is 3.21. The molecule has 0 saturated carbocycles. The summed E-state index contributed by atoms with van der Waals surface area (Å²) in [4.78, 5) is 18.5. The Hall–Kier alpha value is -2.03. The average Bonchev–Trinajstić information content (AvgIpc) is 2.31. The number of benzene rings is 1. The van der Waals surface area contributed by atoms with Crippen molar-refractivity contribution < 1.29 is 4.79 Å². The summed E-state index contributed by atoms with van der Waals surface area (Å²) in [5.74, 6) is 0. The van der Waals surface area contributed by atoms with Gasteiger partial charge in [-0.3, -0.25) is 4.79 Å². The van der Waals surface area contributed by atoms with E-state index in [4.69, 9.17) is 0 Å². The molecule has 0 aliphatic carbocycles. The van der Waals surface area contributed by atoms with Gasteiger partial charge in [0.25, 0.3) is 0 Å². The highest BCUT2D eigenvalue weighted by atomic mass is 16.1. The Bertz CT molecular complexity index is 454. The number of hydrogen-bond acceptors (Lipinski definition) is 3. The number of carbonyl (C=O) groups is 1. The van der Waals surface area contributed by atoms with Crippen molar-refractivity contribution in [3.8, 4) is 0 Å². The molecular formula is C12H10N2O. The van der Waals surface area contributed by atoms with Crippen LogP contribution in [0.25, 0.3) is 0 Å². The van der Waals surface area contributed by atoms with E-state index in [1.54, 1.807) is 6.07 Å². The van der Waals surface area contributed by atoms with Gasteiger partial charge in [0.15, 0.2) is 6.29 Å². The molecule has 2 aromatic rings. The molecule has 1 aromatic carbocycles. The molecule has 0 N–H and O–H groups in total. The maximum absolute atomic E-state index is 10.5. The van der Waals surface area contributed by atoms with E-state index in [0.717, 1.165) is 18.4 Å². The first kappa shape index (κ1) is 9.52. The minimum Gasteiger partial charge on any atom is -0.296 e. The fourth-order valence-corrected chi connectivity index (χ4v) is 1.38. The standard InChI is InChI=1S/C12H10N2O/c15-8-12-7-11(13-9-14-12)6-10-4-2-1-3-5-10/h1-5,7-9H,6H2. The summed E-state index contributed by atoms with van der Waals surface area (Å²) in [5.41, 5.74) is 2.46. The van der Waals surface area contributed by atoms with E-state index in [2.05, 4.69) is 9.97 Å². The van der Waals surface area contributed by atoms with Gasteiger partial charge in [0, 0.05) is 12.1 Å². The van der Waals surface area contributed by atoms with Crippen LogP contribution in [-0.2, 0) is 6.42 Å². The molecule has 0 aliphatic rings. The van der Waals surface area contributed by atoms with E-state index < -0.39 is 0 Å². The average molecular weight is 198 g/mol. The van der Waals surface area contributed by atoms with E-state index in [0.29, 0.717) is 5.69 Å². The van der Waals surface area contributed by atoms with Gasteiger partial charge in [0.2, 0.25) is 0 Å². The molecule has 15 heavy (non-hydrogen) atoms. The topological polar surface area (TPSA) is 42.9 Å². The quantitative estimate of drug-likeness (QED) is 0.707. The van der Waals surface area contributed by atoms with Crippen molar-refractivity contribution in [2.24, 2.45) is 0 Å². The Labute approximate surface area is 87.8 Å². The minimum atomic E-state index is 0.427. The Balaban J connectivity index is 2.21. The van der Waals surface area contributed by atoms with E-state index in [1.165, 1.54) is 11.9 Å². The molecule has 0 bridgehead atoms. The third kappa shape index (κ3) is 2.47. The van der Waals surface area contributed by atoms with Crippen molar-refractivity contribution in [2.75, 3.05) is 0 Å². The van der Waals surface area contributed by atoms with E-state index >= 15 is 0 Å². The molecule has 0 unspecified atom stereocenters. The number of nitrogens with zero attached hydrogens (tertiary/aromatic N) is 2. The lowest BCUT2D eigenvalue weighted by atomic mass is 10.1. The van der Waals surface area contributed by atoms with Crippen molar-refractivity contribution in [2.45, 2.75) is 6.42 Å². The second-order valence-electron chi connectivity index (χ2n) is 3.21. The summed E-state index contributed by atoms with van der Waals surface area (Å²) in [6.45, 7) is 0. The van der Waals surface area contributed by atoms with Gasteiger partial charge in [0.05, 0.1) is 0 Å². The van der Waals surface area contributed by atoms with Crippen molar-refractivity contribution in [1.29, 1.82) is 0 Å². The van der Waals surface area contributed by atoms with E-state index in [9.17, 15) is 4.79 Å². The number of rotatable bonds is 3. The van der Waals surface area contributed by atoms with Crippen molar-refractivity contribution in [3.05, 3.63) is 59.7 Å². The predicted octanol–water partition coefficient (Wildman–Crippen LogP) is 1.88. The summed E-state index contributed by atoms with van der Waals surface area (Å²) < 4.78 is 0. The predicted molar refractivity (Wildman–Crippen MR) is 56.7 cm³/mol. The zero-order chi connectivity index (χ0) is 10.5. The largest absolute Gasteiger partial charge is 0.296 e. The molecule has 1 aromatic heterocycles. The Kier molecular flexibility index (Phi) is 2.83. The van der Waals surface area contributed by atoms with Crippen molar-refractivity contribution in [3.63, 3.8) is 0 Å². The zero-order valence-corrected chi connectivity index (χ0v) is 8.13. The summed E-state index contributed by atoms with van der Waals surface area (Å²) >= 11 is 0. The van der Waals surface area contributed by atoms with Gasteiger partial charge in [-0.2, -0.15) is 0 Å². The molecule has 3 nitrogen and oxygen atoms in total. The molecule has 1 heterocycles. The van der Waals surface area contributed by atoms with Gasteiger partial charge >= 0.3 is 0 Å². The van der Waals surface area contributed by atoms with Crippen LogP contribution in [0, 0.1) is 0 Å².